The number of nitrogens with zero attached hydrogens (tertiary/aromatic N) is 8. The number of thiocarbonyl (C=S) groups is 1. The van der Waals surface area contributed by atoms with E-state index in [0.717, 1.165) is 47.0 Å². The molecule has 0 amide bonds. The number of rotatable bonds is 8. The lowest BCUT2D eigenvalue weighted by molar-refractivity contribution is 0.633. The number of anilines is 2. The lowest BCUT2D eigenvalue weighted by Gasteiger charge is -2.07. The highest BCUT2D eigenvalue weighted by Gasteiger charge is 2.10. The highest BCUT2D eigenvalue weighted by molar-refractivity contribution is 7.80. The van der Waals surface area contributed by atoms with Gasteiger partial charge >= 0.3 is 0 Å². The SMILES string of the molecule is CCn1ncc(Cn2cc(NC(=S)Nc3cnn(Cc4cnn(CC)c4C)c3)cn2)c1C. The van der Waals surface area contributed by atoms with Gasteiger partial charge in [-0.05, 0) is 39.9 Å². The molecule has 0 saturated heterocycles. The van der Waals surface area contributed by atoms with Crippen LogP contribution in [0.4, 0.5) is 11.4 Å². The zero-order chi connectivity index (χ0) is 22.7. The summed E-state index contributed by atoms with van der Waals surface area (Å²) in [7, 11) is 0. The average molecular weight is 453 g/mol. The van der Waals surface area contributed by atoms with Crippen LogP contribution in [0.3, 0.4) is 0 Å². The summed E-state index contributed by atoms with van der Waals surface area (Å²) in [6.45, 7) is 11.3. The van der Waals surface area contributed by atoms with Crippen molar-refractivity contribution in [2.24, 2.45) is 0 Å². The lowest BCUT2D eigenvalue weighted by atomic mass is 10.2. The van der Waals surface area contributed by atoms with Gasteiger partial charge in [-0.15, -0.1) is 0 Å². The Bertz CT molecular complexity index is 1120. The van der Waals surface area contributed by atoms with Crippen LogP contribution in [0.2, 0.25) is 0 Å². The van der Waals surface area contributed by atoms with Crippen molar-refractivity contribution in [2.45, 2.75) is 53.9 Å². The number of nitrogens with one attached hydrogen (secondary N) is 2. The summed E-state index contributed by atoms with van der Waals surface area (Å²) in [6, 6.07) is 0. The highest BCUT2D eigenvalue weighted by Crippen LogP contribution is 2.14. The summed E-state index contributed by atoms with van der Waals surface area (Å²) in [4.78, 5) is 0. The third-order valence-corrected chi connectivity index (χ3v) is 5.66. The van der Waals surface area contributed by atoms with Gasteiger partial charge in [0.1, 0.15) is 0 Å². The summed E-state index contributed by atoms with van der Waals surface area (Å²) in [5.74, 6) is 0. The smallest absolute Gasteiger partial charge is 0.175 e. The molecule has 10 nitrogen and oxygen atoms in total. The minimum atomic E-state index is 0.481. The van der Waals surface area contributed by atoms with Crippen LogP contribution < -0.4 is 10.6 Å². The van der Waals surface area contributed by atoms with Crippen LogP contribution in [0.15, 0.2) is 37.2 Å². The molecule has 0 saturated carbocycles. The van der Waals surface area contributed by atoms with Gasteiger partial charge in [-0.25, -0.2) is 0 Å². The molecule has 4 heterocycles. The first kappa shape index (κ1) is 21.8. The van der Waals surface area contributed by atoms with E-state index in [1.165, 1.54) is 0 Å². The maximum atomic E-state index is 5.45. The largest absolute Gasteiger partial charge is 0.330 e. The van der Waals surface area contributed by atoms with Crippen molar-refractivity contribution in [1.82, 2.24) is 39.1 Å². The van der Waals surface area contributed by atoms with Crippen LogP contribution in [0.25, 0.3) is 0 Å². The van der Waals surface area contributed by atoms with Gasteiger partial charge in [0.2, 0.25) is 0 Å². The van der Waals surface area contributed by atoms with E-state index in [4.69, 9.17) is 12.2 Å². The number of hydrogen-bond donors (Lipinski definition) is 2. The van der Waals surface area contributed by atoms with Gasteiger partial charge in [-0.1, -0.05) is 0 Å². The Kier molecular flexibility index (Phi) is 6.35. The molecule has 4 aromatic rings. The average Bonchev–Trinajstić information content (AvgIpc) is 3.54. The molecule has 0 aliphatic heterocycles. The van der Waals surface area contributed by atoms with Gasteiger partial charge in [-0.3, -0.25) is 18.7 Å². The molecule has 2 N–H and O–H groups in total. The summed E-state index contributed by atoms with van der Waals surface area (Å²) in [5, 5.41) is 24.4. The Labute approximate surface area is 192 Å². The molecule has 11 heteroatoms. The number of aromatic nitrogens is 8. The monoisotopic (exact) mass is 452 g/mol. The van der Waals surface area contributed by atoms with Crippen molar-refractivity contribution in [3.8, 4) is 0 Å². The normalized spacial score (nSPS) is 11.1. The predicted molar refractivity (Wildman–Crippen MR) is 128 cm³/mol. The standard InChI is InChI=1S/C21H28N10S/c1-5-30-15(3)17(7-24-30)11-28-13-19(9-22-28)26-21(32)27-20-10-23-29(14-20)12-18-8-25-31(6-2)16(18)4/h7-10,13-14H,5-6,11-12H2,1-4H3,(H2,26,27,32). The molecular formula is C21H28N10S. The Morgan fingerprint density at radius 3 is 1.56 bits per heavy atom. The Morgan fingerprint density at radius 1 is 0.750 bits per heavy atom. The molecule has 0 unspecified atom stereocenters. The molecule has 0 radical (unpaired) electrons. The van der Waals surface area contributed by atoms with Crippen molar-refractivity contribution < 1.29 is 0 Å². The highest BCUT2D eigenvalue weighted by atomic mass is 32.1. The molecule has 0 bridgehead atoms. The second kappa shape index (κ2) is 9.35. The van der Waals surface area contributed by atoms with E-state index in [9.17, 15) is 0 Å². The summed E-state index contributed by atoms with van der Waals surface area (Å²) < 4.78 is 7.69. The molecular weight excluding hydrogens is 424 g/mol. The van der Waals surface area contributed by atoms with Crippen molar-refractivity contribution in [1.29, 1.82) is 0 Å². The minimum Gasteiger partial charge on any atom is -0.330 e. The van der Waals surface area contributed by atoms with Crippen LogP contribution in [0, 0.1) is 13.8 Å². The van der Waals surface area contributed by atoms with Crippen LogP contribution >= 0.6 is 12.2 Å². The third kappa shape index (κ3) is 4.72. The predicted octanol–water partition coefficient (Wildman–Crippen LogP) is 3.03. The Hall–Kier alpha value is -3.47. The van der Waals surface area contributed by atoms with E-state index in [1.807, 2.05) is 43.5 Å². The quantitative estimate of drug-likeness (QED) is 0.397. The van der Waals surface area contributed by atoms with Crippen molar-refractivity contribution in [3.63, 3.8) is 0 Å². The first-order valence-electron chi connectivity index (χ1n) is 10.6. The fraction of sp³-hybridized carbons (Fsp3) is 0.381. The topological polar surface area (TPSA) is 95.3 Å². The molecule has 0 fully saturated rings. The van der Waals surface area contributed by atoms with Crippen LogP contribution in [0.1, 0.15) is 36.4 Å². The third-order valence-electron chi connectivity index (χ3n) is 5.46. The van der Waals surface area contributed by atoms with Gasteiger partial charge < -0.3 is 10.6 Å². The van der Waals surface area contributed by atoms with Crippen LogP contribution in [-0.2, 0) is 26.2 Å². The second-order valence-corrected chi connectivity index (χ2v) is 7.98. The first-order chi connectivity index (χ1) is 15.5. The van der Waals surface area contributed by atoms with Crippen molar-refractivity contribution in [3.05, 3.63) is 59.7 Å². The van der Waals surface area contributed by atoms with Gasteiger partial charge in [0.15, 0.2) is 5.11 Å². The molecule has 0 aliphatic rings. The zero-order valence-electron chi connectivity index (χ0n) is 18.8. The molecule has 0 spiro atoms. The fourth-order valence-corrected chi connectivity index (χ4v) is 3.83. The second-order valence-electron chi connectivity index (χ2n) is 7.57. The van der Waals surface area contributed by atoms with Gasteiger partial charge in [-0.2, -0.15) is 20.4 Å². The molecule has 0 atom stereocenters. The summed E-state index contributed by atoms with van der Waals surface area (Å²) >= 11 is 5.45. The van der Waals surface area contributed by atoms with Gasteiger partial charge in [0.05, 0.1) is 49.3 Å². The molecule has 0 aliphatic carbocycles. The van der Waals surface area contributed by atoms with E-state index in [-0.39, 0.29) is 0 Å². The lowest BCUT2D eigenvalue weighted by Crippen LogP contribution is -2.18. The fourth-order valence-electron chi connectivity index (χ4n) is 3.59. The van der Waals surface area contributed by atoms with E-state index in [1.54, 1.807) is 12.4 Å². The zero-order valence-corrected chi connectivity index (χ0v) is 19.6. The molecule has 4 rings (SSSR count). The Balaban J connectivity index is 1.32. The maximum absolute atomic E-state index is 5.45. The molecule has 0 aromatic carbocycles. The summed E-state index contributed by atoms with van der Waals surface area (Å²) in [5.41, 5.74) is 6.24. The first-order valence-corrected chi connectivity index (χ1v) is 11.0. The van der Waals surface area contributed by atoms with E-state index in [0.29, 0.717) is 18.2 Å². The van der Waals surface area contributed by atoms with Gasteiger partial charge in [0, 0.05) is 48.0 Å². The minimum absolute atomic E-state index is 0.481. The van der Waals surface area contributed by atoms with Crippen LogP contribution in [-0.4, -0.2) is 44.2 Å². The number of aryl methyl sites for hydroxylation is 2. The molecule has 32 heavy (non-hydrogen) atoms. The van der Waals surface area contributed by atoms with E-state index < -0.39 is 0 Å². The number of hydrogen-bond acceptors (Lipinski definition) is 5. The maximum Gasteiger partial charge on any atom is 0.175 e. The van der Waals surface area contributed by atoms with Gasteiger partial charge in [0.25, 0.3) is 0 Å². The molecule has 4 aromatic heterocycles. The Morgan fingerprint density at radius 2 is 1.19 bits per heavy atom. The van der Waals surface area contributed by atoms with Crippen LogP contribution in [0.5, 0.6) is 0 Å². The van der Waals surface area contributed by atoms with Crippen molar-refractivity contribution in [2.75, 3.05) is 10.6 Å². The summed E-state index contributed by atoms with van der Waals surface area (Å²) in [6.07, 6.45) is 11.2. The van der Waals surface area contributed by atoms with E-state index >= 15 is 0 Å². The molecule has 168 valence electrons. The van der Waals surface area contributed by atoms with Crippen molar-refractivity contribution >= 4 is 28.7 Å². The van der Waals surface area contributed by atoms with E-state index in [2.05, 4.69) is 58.7 Å².